The van der Waals surface area contributed by atoms with Crippen LogP contribution in [0.1, 0.15) is 21.6 Å². The zero-order valence-electron chi connectivity index (χ0n) is 11.3. The zero-order chi connectivity index (χ0) is 13.0. The Balaban J connectivity index is 0.00000180. The van der Waals surface area contributed by atoms with Crippen LogP contribution >= 0.6 is 23.7 Å². The number of benzene rings is 1. The number of nitrogen functional groups attached to an aromatic ring is 1. The highest BCUT2D eigenvalue weighted by Gasteiger charge is 2.00. The van der Waals surface area contributed by atoms with Crippen LogP contribution in [0.3, 0.4) is 0 Å². The maximum absolute atomic E-state index is 5.59. The second kappa shape index (κ2) is 7.48. The zero-order valence-corrected chi connectivity index (χ0v) is 12.9. The highest BCUT2D eigenvalue weighted by atomic mass is 35.5. The molecule has 0 saturated carbocycles. The van der Waals surface area contributed by atoms with Crippen LogP contribution in [0.25, 0.3) is 0 Å². The number of anilines is 1. The van der Waals surface area contributed by atoms with E-state index in [9.17, 15) is 0 Å². The standard InChI is InChI=1S/C14H19N3S.ClH/c1-10-3-4-12(11(2)7-10)5-6-16-8-13-9-17-14(15)18-13;/h3-4,7,9,16H,5-6,8H2,1-2H3,(H2,15,17);1H. The van der Waals surface area contributed by atoms with Crippen LogP contribution in [-0.2, 0) is 13.0 Å². The second-order valence-corrected chi connectivity index (χ2v) is 5.67. The van der Waals surface area contributed by atoms with Gasteiger partial charge in [-0.15, -0.1) is 23.7 Å². The topological polar surface area (TPSA) is 50.9 Å². The Morgan fingerprint density at radius 3 is 2.74 bits per heavy atom. The predicted molar refractivity (Wildman–Crippen MR) is 85.1 cm³/mol. The summed E-state index contributed by atoms with van der Waals surface area (Å²) in [7, 11) is 0. The molecule has 2 aromatic rings. The molecule has 19 heavy (non-hydrogen) atoms. The van der Waals surface area contributed by atoms with Gasteiger partial charge in [-0.05, 0) is 37.9 Å². The Labute approximate surface area is 124 Å². The third-order valence-corrected chi connectivity index (χ3v) is 3.77. The van der Waals surface area contributed by atoms with Gasteiger partial charge < -0.3 is 11.1 Å². The molecule has 1 aromatic heterocycles. The Kier molecular flexibility index (Phi) is 6.28. The summed E-state index contributed by atoms with van der Waals surface area (Å²) >= 11 is 1.54. The van der Waals surface area contributed by atoms with Crippen molar-refractivity contribution in [3.05, 3.63) is 46.0 Å². The lowest BCUT2D eigenvalue weighted by atomic mass is 10.0. The van der Waals surface area contributed by atoms with Crippen molar-refractivity contribution in [2.45, 2.75) is 26.8 Å². The minimum atomic E-state index is 0. The molecule has 2 rings (SSSR count). The van der Waals surface area contributed by atoms with E-state index in [0.29, 0.717) is 5.13 Å². The Hall–Kier alpha value is -1.10. The van der Waals surface area contributed by atoms with Crippen LogP contribution < -0.4 is 11.1 Å². The molecule has 104 valence electrons. The van der Waals surface area contributed by atoms with Gasteiger partial charge in [-0.25, -0.2) is 4.98 Å². The number of aryl methyl sites for hydroxylation is 2. The highest BCUT2D eigenvalue weighted by Crippen LogP contribution is 2.14. The molecule has 0 aliphatic heterocycles. The lowest BCUT2D eigenvalue weighted by Gasteiger charge is -2.07. The lowest BCUT2D eigenvalue weighted by molar-refractivity contribution is 0.691. The summed E-state index contributed by atoms with van der Waals surface area (Å²) in [6.07, 6.45) is 2.89. The van der Waals surface area contributed by atoms with Crippen molar-refractivity contribution in [1.82, 2.24) is 10.3 Å². The summed E-state index contributed by atoms with van der Waals surface area (Å²) in [5.41, 5.74) is 9.70. The van der Waals surface area contributed by atoms with E-state index >= 15 is 0 Å². The number of aromatic nitrogens is 1. The first-order chi connectivity index (χ1) is 8.65. The quantitative estimate of drug-likeness (QED) is 0.834. The van der Waals surface area contributed by atoms with Crippen LogP contribution in [0.15, 0.2) is 24.4 Å². The average molecular weight is 298 g/mol. The number of nitrogens with two attached hydrogens (primary N) is 1. The largest absolute Gasteiger partial charge is 0.375 e. The first-order valence-electron chi connectivity index (χ1n) is 6.12. The van der Waals surface area contributed by atoms with Crippen molar-refractivity contribution < 1.29 is 0 Å². The van der Waals surface area contributed by atoms with Gasteiger partial charge in [0.15, 0.2) is 5.13 Å². The number of halogens is 1. The van der Waals surface area contributed by atoms with E-state index in [4.69, 9.17) is 5.73 Å². The summed E-state index contributed by atoms with van der Waals surface area (Å²) < 4.78 is 0. The fourth-order valence-electron chi connectivity index (χ4n) is 1.97. The fraction of sp³-hybridized carbons (Fsp3) is 0.357. The number of rotatable bonds is 5. The summed E-state index contributed by atoms with van der Waals surface area (Å²) in [5, 5.41) is 4.06. The maximum atomic E-state index is 5.59. The first-order valence-corrected chi connectivity index (χ1v) is 6.94. The predicted octanol–water partition coefficient (Wildman–Crippen LogP) is 3.10. The monoisotopic (exact) mass is 297 g/mol. The Bertz CT molecular complexity index is 525. The van der Waals surface area contributed by atoms with Crippen molar-refractivity contribution >= 4 is 28.9 Å². The molecular weight excluding hydrogens is 278 g/mol. The van der Waals surface area contributed by atoms with Gasteiger partial charge in [-0.1, -0.05) is 23.8 Å². The SMILES string of the molecule is Cc1ccc(CCNCc2cnc(N)s2)c(C)c1.Cl. The molecule has 3 nitrogen and oxygen atoms in total. The molecular formula is C14H20ClN3S. The van der Waals surface area contributed by atoms with Crippen LogP contribution in [0.2, 0.25) is 0 Å². The molecule has 0 aliphatic rings. The van der Waals surface area contributed by atoms with Crippen molar-refractivity contribution in [1.29, 1.82) is 0 Å². The molecule has 0 saturated heterocycles. The average Bonchev–Trinajstić information content (AvgIpc) is 2.73. The highest BCUT2D eigenvalue weighted by molar-refractivity contribution is 7.15. The van der Waals surface area contributed by atoms with Gasteiger partial charge in [0.05, 0.1) is 0 Å². The lowest BCUT2D eigenvalue weighted by Crippen LogP contribution is -2.16. The molecule has 0 bridgehead atoms. The summed E-state index contributed by atoms with van der Waals surface area (Å²) in [5.74, 6) is 0. The van der Waals surface area contributed by atoms with Crippen molar-refractivity contribution in [2.24, 2.45) is 0 Å². The van der Waals surface area contributed by atoms with Gasteiger partial charge in [0, 0.05) is 17.6 Å². The van der Waals surface area contributed by atoms with E-state index in [1.165, 1.54) is 21.6 Å². The van der Waals surface area contributed by atoms with E-state index in [1.54, 1.807) is 11.3 Å². The fourth-order valence-corrected chi connectivity index (χ4v) is 2.62. The molecule has 3 N–H and O–H groups in total. The Morgan fingerprint density at radius 2 is 2.11 bits per heavy atom. The third kappa shape index (κ3) is 4.82. The van der Waals surface area contributed by atoms with Crippen LogP contribution in [0.4, 0.5) is 5.13 Å². The van der Waals surface area contributed by atoms with E-state index in [0.717, 1.165) is 19.5 Å². The molecule has 0 fully saturated rings. The van der Waals surface area contributed by atoms with Crippen LogP contribution in [0.5, 0.6) is 0 Å². The van der Waals surface area contributed by atoms with Gasteiger partial charge in [-0.2, -0.15) is 0 Å². The number of thiazole rings is 1. The molecule has 5 heteroatoms. The minimum absolute atomic E-state index is 0. The molecule has 0 unspecified atom stereocenters. The van der Waals surface area contributed by atoms with Gasteiger partial charge in [0.25, 0.3) is 0 Å². The summed E-state index contributed by atoms with van der Waals surface area (Å²) in [4.78, 5) is 5.22. The number of nitrogens with zero attached hydrogens (tertiary/aromatic N) is 1. The molecule has 0 radical (unpaired) electrons. The van der Waals surface area contributed by atoms with Crippen molar-refractivity contribution in [2.75, 3.05) is 12.3 Å². The Morgan fingerprint density at radius 1 is 1.32 bits per heavy atom. The molecule has 1 heterocycles. The van der Waals surface area contributed by atoms with Gasteiger partial charge in [0.2, 0.25) is 0 Å². The van der Waals surface area contributed by atoms with Crippen molar-refractivity contribution in [3.63, 3.8) is 0 Å². The van der Waals surface area contributed by atoms with Crippen molar-refractivity contribution in [3.8, 4) is 0 Å². The van der Waals surface area contributed by atoms with E-state index < -0.39 is 0 Å². The molecule has 1 aromatic carbocycles. The van der Waals surface area contributed by atoms with Gasteiger partial charge >= 0.3 is 0 Å². The van der Waals surface area contributed by atoms with E-state index in [2.05, 4.69) is 42.3 Å². The molecule has 0 spiro atoms. The van der Waals surface area contributed by atoms with E-state index in [1.807, 2.05) is 6.20 Å². The van der Waals surface area contributed by atoms with E-state index in [-0.39, 0.29) is 12.4 Å². The normalized spacial score (nSPS) is 10.2. The van der Waals surface area contributed by atoms with Crippen LogP contribution in [0, 0.1) is 13.8 Å². The number of nitrogens with one attached hydrogen (secondary N) is 1. The number of hydrogen-bond donors (Lipinski definition) is 2. The van der Waals surface area contributed by atoms with Gasteiger partial charge in [-0.3, -0.25) is 0 Å². The first kappa shape index (κ1) is 16.0. The number of hydrogen-bond acceptors (Lipinski definition) is 4. The second-order valence-electron chi connectivity index (χ2n) is 4.52. The summed E-state index contributed by atoms with van der Waals surface area (Å²) in [6, 6.07) is 6.63. The minimum Gasteiger partial charge on any atom is -0.375 e. The van der Waals surface area contributed by atoms with Crippen LogP contribution in [-0.4, -0.2) is 11.5 Å². The molecule has 0 atom stereocenters. The third-order valence-electron chi connectivity index (χ3n) is 2.94. The van der Waals surface area contributed by atoms with Gasteiger partial charge in [0.1, 0.15) is 0 Å². The molecule has 0 amide bonds. The maximum Gasteiger partial charge on any atom is 0.180 e. The smallest absolute Gasteiger partial charge is 0.180 e. The summed E-state index contributed by atoms with van der Waals surface area (Å²) in [6.45, 7) is 6.12. The molecule has 0 aliphatic carbocycles.